The van der Waals surface area contributed by atoms with Crippen LogP contribution in [0, 0.1) is 0 Å². The van der Waals surface area contributed by atoms with E-state index in [2.05, 4.69) is 25.1 Å². The molecule has 1 aromatic rings. The van der Waals surface area contributed by atoms with Crippen molar-refractivity contribution in [2.45, 2.75) is 45.1 Å². The molecule has 0 aromatic heterocycles. The fraction of sp³-hybridized carbons (Fsp3) is 0.538. The SMILES string of the molecule is CCCCc1ccc2c(c1)CCC2O. The molecule has 1 aliphatic carbocycles. The minimum atomic E-state index is -0.203. The fourth-order valence-electron chi connectivity index (χ4n) is 2.18. The normalized spacial score (nSPS) is 19.7. The largest absolute Gasteiger partial charge is 0.388 e. The topological polar surface area (TPSA) is 20.2 Å². The predicted molar refractivity (Wildman–Crippen MR) is 58.3 cm³/mol. The number of aliphatic hydroxyl groups excluding tert-OH is 1. The number of hydrogen-bond acceptors (Lipinski definition) is 1. The molecule has 1 nitrogen and oxygen atoms in total. The van der Waals surface area contributed by atoms with Gasteiger partial charge in [0.1, 0.15) is 0 Å². The van der Waals surface area contributed by atoms with Gasteiger partial charge in [-0.15, -0.1) is 0 Å². The summed E-state index contributed by atoms with van der Waals surface area (Å²) in [6.45, 7) is 2.22. The van der Waals surface area contributed by atoms with Gasteiger partial charge < -0.3 is 5.11 Å². The molecule has 1 aliphatic rings. The molecule has 0 aliphatic heterocycles. The van der Waals surface area contributed by atoms with E-state index in [1.165, 1.54) is 30.4 Å². The molecule has 0 fully saturated rings. The summed E-state index contributed by atoms with van der Waals surface area (Å²) in [6.07, 6.45) is 5.45. The van der Waals surface area contributed by atoms with Crippen LogP contribution in [-0.2, 0) is 12.8 Å². The summed E-state index contributed by atoms with van der Waals surface area (Å²) in [4.78, 5) is 0. The molecule has 1 unspecified atom stereocenters. The van der Waals surface area contributed by atoms with Gasteiger partial charge in [-0.3, -0.25) is 0 Å². The number of aliphatic hydroxyl groups is 1. The minimum Gasteiger partial charge on any atom is -0.388 e. The maximum absolute atomic E-state index is 9.65. The maximum Gasteiger partial charge on any atom is 0.0795 e. The van der Waals surface area contributed by atoms with Crippen LogP contribution in [0.1, 0.15) is 49.0 Å². The third-order valence-corrected chi connectivity index (χ3v) is 3.07. The van der Waals surface area contributed by atoms with Gasteiger partial charge in [0.2, 0.25) is 0 Å². The van der Waals surface area contributed by atoms with E-state index in [1.54, 1.807) is 0 Å². The number of hydrogen-bond donors (Lipinski definition) is 1. The van der Waals surface area contributed by atoms with Crippen LogP contribution < -0.4 is 0 Å². The zero-order chi connectivity index (χ0) is 9.97. The van der Waals surface area contributed by atoms with Crippen LogP contribution in [0.15, 0.2) is 18.2 Å². The zero-order valence-electron chi connectivity index (χ0n) is 8.79. The zero-order valence-corrected chi connectivity index (χ0v) is 8.79. The summed E-state index contributed by atoms with van der Waals surface area (Å²) in [5.74, 6) is 0. The van der Waals surface area contributed by atoms with Gasteiger partial charge in [0.15, 0.2) is 0 Å². The lowest BCUT2D eigenvalue weighted by Gasteiger charge is -2.06. The van der Waals surface area contributed by atoms with Gasteiger partial charge in [-0.1, -0.05) is 31.5 Å². The quantitative estimate of drug-likeness (QED) is 0.776. The second-order valence-electron chi connectivity index (χ2n) is 4.19. The highest BCUT2D eigenvalue weighted by Gasteiger charge is 2.19. The minimum absolute atomic E-state index is 0.203. The number of benzene rings is 1. The molecule has 0 heterocycles. The van der Waals surface area contributed by atoms with Crippen molar-refractivity contribution in [3.8, 4) is 0 Å². The first-order valence-electron chi connectivity index (χ1n) is 5.61. The second-order valence-corrected chi connectivity index (χ2v) is 4.19. The highest BCUT2D eigenvalue weighted by Crippen LogP contribution is 2.31. The van der Waals surface area contributed by atoms with Crippen LogP contribution in [-0.4, -0.2) is 5.11 Å². The molecule has 1 atom stereocenters. The van der Waals surface area contributed by atoms with E-state index in [0.29, 0.717) is 0 Å². The molecule has 0 spiro atoms. The number of unbranched alkanes of at least 4 members (excludes halogenated alkanes) is 1. The average Bonchev–Trinajstić information content (AvgIpc) is 2.57. The van der Waals surface area contributed by atoms with Gasteiger partial charge in [0.25, 0.3) is 0 Å². The van der Waals surface area contributed by atoms with E-state index in [9.17, 15) is 5.11 Å². The van der Waals surface area contributed by atoms with Gasteiger partial charge in [0, 0.05) is 0 Å². The molecule has 0 radical (unpaired) electrons. The van der Waals surface area contributed by atoms with E-state index >= 15 is 0 Å². The van der Waals surface area contributed by atoms with Crippen molar-refractivity contribution in [3.63, 3.8) is 0 Å². The van der Waals surface area contributed by atoms with Crippen molar-refractivity contribution in [2.75, 3.05) is 0 Å². The molecule has 0 saturated carbocycles. The molecule has 1 aromatic carbocycles. The molecule has 14 heavy (non-hydrogen) atoms. The van der Waals surface area contributed by atoms with Crippen LogP contribution >= 0.6 is 0 Å². The molecule has 0 amide bonds. The van der Waals surface area contributed by atoms with Gasteiger partial charge in [0.05, 0.1) is 6.10 Å². The molecule has 0 saturated heterocycles. The number of aryl methyl sites for hydroxylation is 2. The van der Waals surface area contributed by atoms with E-state index in [1.807, 2.05) is 0 Å². The molecule has 1 heteroatoms. The third kappa shape index (κ3) is 1.83. The van der Waals surface area contributed by atoms with Crippen molar-refractivity contribution in [3.05, 3.63) is 34.9 Å². The first-order chi connectivity index (χ1) is 6.81. The molecule has 0 bridgehead atoms. The van der Waals surface area contributed by atoms with Crippen LogP contribution in [0.3, 0.4) is 0 Å². The van der Waals surface area contributed by atoms with Crippen LogP contribution in [0.25, 0.3) is 0 Å². The summed E-state index contributed by atoms with van der Waals surface area (Å²) in [7, 11) is 0. The monoisotopic (exact) mass is 190 g/mol. The maximum atomic E-state index is 9.65. The molecular weight excluding hydrogens is 172 g/mol. The van der Waals surface area contributed by atoms with E-state index in [4.69, 9.17) is 0 Å². The van der Waals surface area contributed by atoms with E-state index in [0.717, 1.165) is 18.4 Å². The Hall–Kier alpha value is -0.820. The van der Waals surface area contributed by atoms with Crippen molar-refractivity contribution >= 4 is 0 Å². The Morgan fingerprint density at radius 2 is 2.29 bits per heavy atom. The lowest BCUT2D eigenvalue weighted by molar-refractivity contribution is 0.180. The molecular formula is C13H18O. The van der Waals surface area contributed by atoms with E-state index in [-0.39, 0.29) is 6.10 Å². The van der Waals surface area contributed by atoms with Crippen molar-refractivity contribution in [1.82, 2.24) is 0 Å². The number of rotatable bonds is 3. The van der Waals surface area contributed by atoms with Crippen molar-refractivity contribution < 1.29 is 5.11 Å². The fourth-order valence-corrected chi connectivity index (χ4v) is 2.18. The summed E-state index contributed by atoms with van der Waals surface area (Å²) in [6, 6.07) is 6.56. The highest BCUT2D eigenvalue weighted by atomic mass is 16.3. The van der Waals surface area contributed by atoms with Gasteiger partial charge >= 0.3 is 0 Å². The highest BCUT2D eigenvalue weighted by molar-refractivity contribution is 5.37. The standard InChI is InChI=1S/C13H18O/c1-2-3-4-10-5-7-12-11(9-10)6-8-13(12)14/h5,7,9,13-14H,2-4,6,8H2,1H3. The summed E-state index contributed by atoms with van der Waals surface area (Å²) >= 11 is 0. The van der Waals surface area contributed by atoms with Crippen LogP contribution in [0.5, 0.6) is 0 Å². The lowest BCUT2D eigenvalue weighted by Crippen LogP contribution is -1.92. The summed E-state index contributed by atoms with van der Waals surface area (Å²) in [5.41, 5.74) is 3.95. The van der Waals surface area contributed by atoms with Crippen molar-refractivity contribution in [2.24, 2.45) is 0 Å². The second kappa shape index (κ2) is 4.14. The average molecular weight is 190 g/mol. The van der Waals surface area contributed by atoms with E-state index < -0.39 is 0 Å². The molecule has 76 valence electrons. The summed E-state index contributed by atoms with van der Waals surface area (Å²) < 4.78 is 0. The Labute approximate surface area is 85.8 Å². The van der Waals surface area contributed by atoms with Gasteiger partial charge in [-0.25, -0.2) is 0 Å². The Morgan fingerprint density at radius 3 is 3.07 bits per heavy atom. The first-order valence-corrected chi connectivity index (χ1v) is 5.61. The Bertz CT molecular complexity index is 317. The van der Waals surface area contributed by atoms with Crippen molar-refractivity contribution in [1.29, 1.82) is 0 Å². The van der Waals surface area contributed by atoms with Crippen LogP contribution in [0.4, 0.5) is 0 Å². The predicted octanol–water partition coefficient (Wildman–Crippen LogP) is 3.01. The first kappa shape index (κ1) is 9.72. The molecule has 1 N–H and O–H groups in total. The summed E-state index contributed by atoms with van der Waals surface area (Å²) in [5, 5.41) is 9.65. The Kier molecular flexibility index (Phi) is 2.87. The van der Waals surface area contributed by atoms with Gasteiger partial charge in [-0.05, 0) is 42.4 Å². The third-order valence-electron chi connectivity index (χ3n) is 3.07. The number of fused-ring (bicyclic) bond motifs is 1. The van der Waals surface area contributed by atoms with Gasteiger partial charge in [-0.2, -0.15) is 0 Å². The molecule has 2 rings (SSSR count). The Morgan fingerprint density at radius 1 is 1.43 bits per heavy atom. The lowest BCUT2D eigenvalue weighted by atomic mass is 10.0. The Balaban J connectivity index is 2.15. The smallest absolute Gasteiger partial charge is 0.0795 e. The van der Waals surface area contributed by atoms with Crippen LogP contribution in [0.2, 0.25) is 0 Å².